The van der Waals surface area contributed by atoms with E-state index in [2.05, 4.69) is 20.3 Å². The fourth-order valence-electron chi connectivity index (χ4n) is 3.37. The van der Waals surface area contributed by atoms with Crippen LogP contribution in [0.25, 0.3) is 0 Å². The lowest BCUT2D eigenvalue weighted by atomic mass is 10.2. The fourth-order valence-corrected chi connectivity index (χ4v) is 3.37. The minimum Gasteiger partial charge on any atom is -0.357 e. The minimum atomic E-state index is -0.324. The molecule has 1 N–H and O–H groups in total. The Kier molecular flexibility index (Phi) is 5.65. The van der Waals surface area contributed by atoms with Gasteiger partial charge in [0, 0.05) is 31.9 Å². The van der Waals surface area contributed by atoms with E-state index in [1.807, 2.05) is 42.5 Å². The van der Waals surface area contributed by atoms with E-state index in [-0.39, 0.29) is 17.2 Å². The van der Waals surface area contributed by atoms with Crippen LogP contribution in [0.3, 0.4) is 0 Å². The van der Waals surface area contributed by atoms with E-state index < -0.39 is 0 Å². The van der Waals surface area contributed by atoms with Crippen LogP contribution in [0.1, 0.15) is 34.5 Å². The Morgan fingerprint density at radius 2 is 1.76 bits per heavy atom. The van der Waals surface area contributed by atoms with Crippen LogP contribution in [0, 0.1) is 0 Å². The molecule has 1 aliphatic heterocycles. The number of nitrogens with zero attached hydrogens (tertiary/aromatic N) is 4. The van der Waals surface area contributed by atoms with Gasteiger partial charge in [-0.15, -0.1) is 0 Å². The topological polar surface area (TPSA) is 80.1 Å². The van der Waals surface area contributed by atoms with Crippen LogP contribution < -0.4 is 15.8 Å². The van der Waals surface area contributed by atoms with E-state index in [0.29, 0.717) is 13.1 Å². The number of rotatable bonds is 6. The summed E-state index contributed by atoms with van der Waals surface area (Å²) >= 11 is 0. The van der Waals surface area contributed by atoms with Gasteiger partial charge in [0.1, 0.15) is 11.5 Å². The van der Waals surface area contributed by atoms with Crippen molar-refractivity contribution in [3.63, 3.8) is 0 Å². The second-order valence-electron chi connectivity index (χ2n) is 7.10. The SMILES string of the molecule is O=C(NCc1ccc(N2CCCC2)nc1)c1ccc(=O)n(Cc2ccccc2)n1. The number of hydrogen-bond acceptors (Lipinski definition) is 5. The van der Waals surface area contributed by atoms with E-state index in [9.17, 15) is 9.59 Å². The summed E-state index contributed by atoms with van der Waals surface area (Å²) in [6.45, 7) is 2.77. The second kappa shape index (κ2) is 8.68. The molecule has 4 rings (SSSR count). The second-order valence-corrected chi connectivity index (χ2v) is 7.10. The molecule has 0 spiro atoms. The van der Waals surface area contributed by atoms with Crippen LogP contribution in [0.15, 0.2) is 65.6 Å². The standard InChI is InChI=1S/C22H23N5O2/c28-21-11-9-19(25-27(21)16-17-6-2-1-3-7-17)22(29)24-15-18-8-10-20(23-14-18)26-12-4-5-13-26/h1-3,6-11,14H,4-5,12-13,15-16H2,(H,24,29). The van der Waals surface area contributed by atoms with Crippen molar-refractivity contribution in [2.24, 2.45) is 0 Å². The molecule has 1 amide bonds. The van der Waals surface area contributed by atoms with Crippen LogP contribution in [0.4, 0.5) is 5.82 Å². The number of amides is 1. The fraction of sp³-hybridized carbons (Fsp3) is 0.273. The number of carbonyl (C=O) groups is 1. The maximum atomic E-state index is 12.5. The first-order valence-corrected chi connectivity index (χ1v) is 9.79. The molecular formula is C22H23N5O2. The number of carbonyl (C=O) groups excluding carboxylic acids is 1. The number of nitrogens with one attached hydrogen (secondary N) is 1. The number of hydrogen-bond donors (Lipinski definition) is 1. The van der Waals surface area contributed by atoms with Gasteiger partial charge < -0.3 is 10.2 Å². The molecule has 1 aromatic carbocycles. The molecule has 29 heavy (non-hydrogen) atoms. The summed E-state index contributed by atoms with van der Waals surface area (Å²) in [5.41, 5.74) is 1.83. The molecule has 1 aliphatic rings. The maximum absolute atomic E-state index is 12.5. The molecule has 1 fully saturated rings. The van der Waals surface area contributed by atoms with Crippen molar-refractivity contribution >= 4 is 11.7 Å². The minimum absolute atomic E-state index is 0.210. The van der Waals surface area contributed by atoms with Crippen molar-refractivity contribution < 1.29 is 4.79 Å². The molecule has 1 saturated heterocycles. The largest absolute Gasteiger partial charge is 0.357 e. The summed E-state index contributed by atoms with van der Waals surface area (Å²) in [5, 5.41) is 7.06. The van der Waals surface area contributed by atoms with E-state index >= 15 is 0 Å². The van der Waals surface area contributed by atoms with E-state index in [1.54, 1.807) is 6.20 Å². The molecule has 0 aliphatic carbocycles. The highest BCUT2D eigenvalue weighted by Crippen LogP contribution is 2.17. The summed E-state index contributed by atoms with van der Waals surface area (Å²) < 4.78 is 1.30. The quantitative estimate of drug-likeness (QED) is 0.699. The van der Waals surface area contributed by atoms with Crippen molar-refractivity contribution in [2.75, 3.05) is 18.0 Å². The number of anilines is 1. The van der Waals surface area contributed by atoms with Gasteiger partial charge in [-0.25, -0.2) is 9.67 Å². The van der Waals surface area contributed by atoms with Crippen LogP contribution in [-0.4, -0.2) is 33.8 Å². The number of benzene rings is 1. The summed E-state index contributed by atoms with van der Waals surface area (Å²) in [6, 6.07) is 16.3. The molecule has 0 bridgehead atoms. The third-order valence-corrected chi connectivity index (χ3v) is 4.97. The molecule has 0 saturated carbocycles. The maximum Gasteiger partial charge on any atom is 0.271 e. The molecule has 3 heterocycles. The molecule has 2 aromatic heterocycles. The molecular weight excluding hydrogens is 366 g/mol. The Labute approximate surface area is 169 Å². The zero-order valence-electron chi connectivity index (χ0n) is 16.1. The van der Waals surface area contributed by atoms with Gasteiger partial charge in [-0.05, 0) is 36.1 Å². The monoisotopic (exact) mass is 389 g/mol. The molecule has 0 atom stereocenters. The first-order valence-electron chi connectivity index (χ1n) is 9.79. The lowest BCUT2D eigenvalue weighted by Crippen LogP contribution is -2.29. The lowest BCUT2D eigenvalue weighted by molar-refractivity contribution is 0.0943. The Hall–Kier alpha value is -3.48. The van der Waals surface area contributed by atoms with E-state index in [0.717, 1.165) is 30.0 Å². The molecule has 148 valence electrons. The smallest absolute Gasteiger partial charge is 0.271 e. The van der Waals surface area contributed by atoms with Gasteiger partial charge in [0.25, 0.3) is 11.5 Å². The third kappa shape index (κ3) is 4.68. The molecule has 7 nitrogen and oxygen atoms in total. The average Bonchev–Trinajstić information content (AvgIpc) is 3.30. The van der Waals surface area contributed by atoms with Crippen molar-refractivity contribution in [2.45, 2.75) is 25.9 Å². The summed E-state index contributed by atoms with van der Waals surface area (Å²) in [5.74, 6) is 0.655. The molecule has 7 heteroatoms. The van der Waals surface area contributed by atoms with Gasteiger partial charge in [-0.3, -0.25) is 9.59 Å². The van der Waals surface area contributed by atoms with Crippen LogP contribution in [0.5, 0.6) is 0 Å². The Morgan fingerprint density at radius 1 is 0.966 bits per heavy atom. The normalized spacial score (nSPS) is 13.4. The predicted octanol–water partition coefficient (Wildman–Crippen LogP) is 2.22. The molecule has 0 radical (unpaired) electrons. The van der Waals surface area contributed by atoms with Crippen LogP contribution in [0.2, 0.25) is 0 Å². The highest BCUT2D eigenvalue weighted by atomic mass is 16.2. The first-order chi connectivity index (χ1) is 14.2. The van der Waals surface area contributed by atoms with E-state index in [4.69, 9.17) is 0 Å². The van der Waals surface area contributed by atoms with E-state index in [1.165, 1.54) is 29.7 Å². The molecule has 3 aromatic rings. The van der Waals surface area contributed by atoms with Gasteiger partial charge in [-0.2, -0.15) is 5.10 Å². The van der Waals surface area contributed by atoms with Crippen molar-refractivity contribution in [3.8, 4) is 0 Å². The van der Waals surface area contributed by atoms with Gasteiger partial charge in [0.15, 0.2) is 0 Å². The highest BCUT2D eigenvalue weighted by molar-refractivity contribution is 5.91. The number of aromatic nitrogens is 3. The zero-order valence-corrected chi connectivity index (χ0v) is 16.1. The van der Waals surface area contributed by atoms with Gasteiger partial charge in [-0.1, -0.05) is 36.4 Å². The lowest BCUT2D eigenvalue weighted by Gasteiger charge is -2.16. The molecule has 0 unspecified atom stereocenters. The van der Waals surface area contributed by atoms with Crippen molar-refractivity contribution in [3.05, 3.63) is 88.0 Å². The van der Waals surface area contributed by atoms with Gasteiger partial charge in [0.05, 0.1) is 6.54 Å². The van der Waals surface area contributed by atoms with Crippen molar-refractivity contribution in [1.29, 1.82) is 0 Å². The summed E-state index contributed by atoms with van der Waals surface area (Å²) in [6.07, 6.45) is 4.20. The third-order valence-electron chi connectivity index (χ3n) is 4.97. The Bertz CT molecular complexity index is 1030. The summed E-state index contributed by atoms with van der Waals surface area (Å²) in [7, 11) is 0. The Balaban J connectivity index is 1.39. The predicted molar refractivity (Wildman–Crippen MR) is 111 cm³/mol. The summed E-state index contributed by atoms with van der Waals surface area (Å²) in [4.78, 5) is 31.3. The van der Waals surface area contributed by atoms with Crippen LogP contribution >= 0.6 is 0 Å². The number of pyridine rings is 1. The van der Waals surface area contributed by atoms with Crippen LogP contribution in [-0.2, 0) is 13.1 Å². The zero-order chi connectivity index (χ0) is 20.1. The Morgan fingerprint density at radius 3 is 2.48 bits per heavy atom. The highest BCUT2D eigenvalue weighted by Gasteiger charge is 2.13. The van der Waals surface area contributed by atoms with Gasteiger partial charge in [0.2, 0.25) is 0 Å². The first kappa shape index (κ1) is 18.9. The van der Waals surface area contributed by atoms with Gasteiger partial charge >= 0.3 is 0 Å². The average molecular weight is 389 g/mol. The van der Waals surface area contributed by atoms with Crippen molar-refractivity contribution in [1.82, 2.24) is 20.1 Å².